The number of carbonyl (C=O) groups is 1. The van der Waals surface area contributed by atoms with Crippen molar-refractivity contribution in [2.75, 3.05) is 0 Å². The number of nitrogens with zero attached hydrogens (tertiary/aromatic N) is 1. The van der Waals surface area contributed by atoms with Crippen molar-refractivity contribution in [2.24, 2.45) is 5.10 Å². The SMILES string of the molecule is O=C(N/N=C/c1cc(Br)c(O)c(Br)c1)c1ccc(I)c(O)c1. The Morgan fingerprint density at radius 1 is 1.18 bits per heavy atom. The summed E-state index contributed by atoms with van der Waals surface area (Å²) >= 11 is 8.39. The van der Waals surface area contributed by atoms with E-state index >= 15 is 0 Å². The minimum atomic E-state index is -0.431. The molecule has 0 fully saturated rings. The standard InChI is InChI=1S/C14H9Br2IN2O3/c15-9-3-7(4-10(16)13(9)21)6-18-19-14(22)8-1-2-11(17)12(20)5-8/h1-6,20-21H,(H,19,22)/b18-6+. The van der Waals surface area contributed by atoms with Gasteiger partial charge < -0.3 is 10.2 Å². The van der Waals surface area contributed by atoms with Crippen LogP contribution < -0.4 is 5.43 Å². The average molecular weight is 540 g/mol. The van der Waals surface area contributed by atoms with Gasteiger partial charge in [-0.25, -0.2) is 5.43 Å². The van der Waals surface area contributed by atoms with Gasteiger partial charge in [0.25, 0.3) is 5.91 Å². The Morgan fingerprint density at radius 2 is 1.82 bits per heavy atom. The highest BCUT2D eigenvalue weighted by molar-refractivity contribution is 14.1. The first-order valence-corrected chi connectivity index (χ1v) is 8.55. The van der Waals surface area contributed by atoms with Crippen LogP contribution >= 0.6 is 54.5 Å². The smallest absolute Gasteiger partial charge is 0.271 e. The van der Waals surface area contributed by atoms with E-state index in [0.29, 0.717) is 23.6 Å². The van der Waals surface area contributed by atoms with Crippen LogP contribution in [0.1, 0.15) is 15.9 Å². The molecule has 0 aromatic heterocycles. The van der Waals surface area contributed by atoms with Gasteiger partial charge in [0.1, 0.15) is 11.5 Å². The molecule has 2 rings (SSSR count). The van der Waals surface area contributed by atoms with Crippen molar-refractivity contribution >= 4 is 66.6 Å². The second-order valence-electron chi connectivity index (χ2n) is 4.20. The van der Waals surface area contributed by atoms with Crippen LogP contribution in [0.25, 0.3) is 0 Å². The molecule has 22 heavy (non-hydrogen) atoms. The van der Waals surface area contributed by atoms with E-state index in [9.17, 15) is 15.0 Å². The first-order chi connectivity index (χ1) is 10.4. The molecule has 8 heteroatoms. The van der Waals surface area contributed by atoms with Gasteiger partial charge in [-0.15, -0.1) is 0 Å². The van der Waals surface area contributed by atoms with Gasteiger partial charge in [-0.05, 0) is 90.3 Å². The first-order valence-electron chi connectivity index (χ1n) is 5.88. The quantitative estimate of drug-likeness (QED) is 0.313. The highest BCUT2D eigenvalue weighted by Crippen LogP contribution is 2.32. The van der Waals surface area contributed by atoms with E-state index in [-0.39, 0.29) is 11.5 Å². The molecule has 0 heterocycles. The average Bonchev–Trinajstić information content (AvgIpc) is 2.47. The van der Waals surface area contributed by atoms with Crippen LogP contribution in [-0.4, -0.2) is 22.3 Å². The summed E-state index contributed by atoms with van der Waals surface area (Å²) < 4.78 is 1.69. The molecule has 0 saturated carbocycles. The lowest BCUT2D eigenvalue weighted by atomic mass is 10.2. The fourth-order valence-corrected chi connectivity index (χ4v) is 3.10. The van der Waals surface area contributed by atoms with E-state index in [1.807, 2.05) is 22.6 Å². The monoisotopic (exact) mass is 538 g/mol. The van der Waals surface area contributed by atoms with Crippen LogP contribution in [0.15, 0.2) is 44.4 Å². The maximum Gasteiger partial charge on any atom is 0.271 e. The van der Waals surface area contributed by atoms with E-state index in [2.05, 4.69) is 42.4 Å². The number of hydrogen-bond acceptors (Lipinski definition) is 4. The number of phenols is 2. The number of amides is 1. The number of phenolic OH excluding ortho intramolecular Hbond substituents is 2. The van der Waals surface area contributed by atoms with Crippen LogP contribution in [0.2, 0.25) is 0 Å². The normalized spacial score (nSPS) is 10.9. The summed E-state index contributed by atoms with van der Waals surface area (Å²) in [5.74, 6) is -0.293. The Hall–Kier alpha value is -1.13. The van der Waals surface area contributed by atoms with Crippen molar-refractivity contribution in [3.05, 3.63) is 54.0 Å². The molecule has 0 saturated heterocycles. The fraction of sp³-hybridized carbons (Fsp3) is 0. The molecule has 0 bridgehead atoms. The van der Waals surface area contributed by atoms with Crippen molar-refractivity contribution in [3.8, 4) is 11.5 Å². The maximum atomic E-state index is 11.9. The van der Waals surface area contributed by atoms with E-state index in [1.54, 1.807) is 24.3 Å². The van der Waals surface area contributed by atoms with Gasteiger partial charge in [0.05, 0.1) is 18.7 Å². The topological polar surface area (TPSA) is 81.9 Å². The van der Waals surface area contributed by atoms with Gasteiger partial charge in [0.15, 0.2) is 0 Å². The third kappa shape index (κ3) is 4.20. The van der Waals surface area contributed by atoms with E-state index in [1.165, 1.54) is 12.3 Å². The van der Waals surface area contributed by atoms with Gasteiger partial charge in [-0.2, -0.15) is 5.10 Å². The Kier molecular flexibility index (Phi) is 5.81. The van der Waals surface area contributed by atoms with Crippen molar-refractivity contribution in [2.45, 2.75) is 0 Å². The minimum Gasteiger partial charge on any atom is -0.507 e. The van der Waals surface area contributed by atoms with Crippen molar-refractivity contribution < 1.29 is 15.0 Å². The zero-order chi connectivity index (χ0) is 16.3. The van der Waals surface area contributed by atoms with Gasteiger partial charge in [-0.1, -0.05) is 0 Å². The number of aromatic hydroxyl groups is 2. The lowest BCUT2D eigenvalue weighted by Crippen LogP contribution is -2.17. The lowest BCUT2D eigenvalue weighted by Gasteiger charge is -2.03. The summed E-state index contributed by atoms with van der Waals surface area (Å²) in [4.78, 5) is 11.9. The molecule has 0 aliphatic carbocycles. The summed E-state index contributed by atoms with van der Waals surface area (Å²) in [6.45, 7) is 0. The number of carbonyl (C=O) groups excluding carboxylic acids is 1. The summed E-state index contributed by atoms with van der Waals surface area (Å²) in [7, 11) is 0. The highest BCUT2D eigenvalue weighted by Gasteiger charge is 2.07. The molecule has 2 aromatic rings. The number of hydrogen-bond donors (Lipinski definition) is 3. The molecular formula is C14H9Br2IN2O3. The first kappa shape index (κ1) is 17.2. The van der Waals surface area contributed by atoms with Crippen molar-refractivity contribution in [1.29, 1.82) is 0 Å². The molecule has 0 radical (unpaired) electrons. The van der Waals surface area contributed by atoms with Crippen molar-refractivity contribution in [3.63, 3.8) is 0 Å². The summed E-state index contributed by atoms with van der Waals surface area (Å²) in [6, 6.07) is 7.93. The van der Waals surface area contributed by atoms with Crippen LogP contribution in [0.4, 0.5) is 0 Å². The lowest BCUT2D eigenvalue weighted by molar-refractivity contribution is 0.0954. The predicted molar refractivity (Wildman–Crippen MR) is 99.4 cm³/mol. The van der Waals surface area contributed by atoms with E-state index in [0.717, 1.165) is 0 Å². The Morgan fingerprint density at radius 3 is 2.41 bits per heavy atom. The zero-order valence-corrected chi connectivity index (χ0v) is 16.2. The molecule has 5 nitrogen and oxygen atoms in total. The number of halogens is 3. The second kappa shape index (κ2) is 7.42. The van der Waals surface area contributed by atoms with Crippen molar-refractivity contribution in [1.82, 2.24) is 5.43 Å². The Bertz CT molecular complexity index is 743. The van der Waals surface area contributed by atoms with E-state index < -0.39 is 5.91 Å². The molecule has 114 valence electrons. The predicted octanol–water partition coefficient (Wildman–Crippen LogP) is 3.99. The summed E-state index contributed by atoms with van der Waals surface area (Å²) in [5, 5.41) is 23.0. The molecular weight excluding hydrogens is 531 g/mol. The number of hydrazone groups is 1. The van der Waals surface area contributed by atoms with Gasteiger partial charge in [0, 0.05) is 5.56 Å². The van der Waals surface area contributed by atoms with Crippen LogP contribution in [0, 0.1) is 3.57 Å². The van der Waals surface area contributed by atoms with Crippen LogP contribution in [0.3, 0.4) is 0 Å². The molecule has 0 aliphatic rings. The summed E-state index contributed by atoms with van der Waals surface area (Å²) in [6.07, 6.45) is 1.44. The minimum absolute atomic E-state index is 0.0450. The van der Waals surface area contributed by atoms with Gasteiger partial charge >= 0.3 is 0 Å². The van der Waals surface area contributed by atoms with Gasteiger partial charge in [-0.3, -0.25) is 4.79 Å². The molecule has 3 N–H and O–H groups in total. The molecule has 1 amide bonds. The van der Waals surface area contributed by atoms with Gasteiger partial charge in [0.2, 0.25) is 0 Å². The van der Waals surface area contributed by atoms with E-state index in [4.69, 9.17) is 0 Å². The molecule has 0 atom stereocenters. The third-order valence-corrected chi connectivity index (χ3v) is 4.75. The molecule has 0 aliphatic heterocycles. The molecule has 0 spiro atoms. The maximum absolute atomic E-state index is 11.9. The van der Waals surface area contributed by atoms with Crippen LogP contribution in [-0.2, 0) is 0 Å². The number of benzene rings is 2. The largest absolute Gasteiger partial charge is 0.507 e. The fourth-order valence-electron chi connectivity index (χ4n) is 1.54. The number of nitrogens with one attached hydrogen (secondary N) is 1. The third-order valence-electron chi connectivity index (χ3n) is 2.63. The van der Waals surface area contributed by atoms with Crippen LogP contribution in [0.5, 0.6) is 11.5 Å². The highest BCUT2D eigenvalue weighted by atomic mass is 127. The summed E-state index contributed by atoms with van der Waals surface area (Å²) in [5.41, 5.74) is 3.36. The molecule has 2 aromatic carbocycles. The Balaban J connectivity index is 2.09. The number of rotatable bonds is 3. The zero-order valence-electron chi connectivity index (χ0n) is 10.8. The second-order valence-corrected chi connectivity index (χ2v) is 7.07. The Labute approximate surface area is 156 Å². The molecule has 0 unspecified atom stereocenters.